The molecule has 1 atom stereocenters. The zero-order chi connectivity index (χ0) is 21.7. The minimum absolute atomic E-state index is 0.0428. The highest BCUT2D eigenvalue weighted by Crippen LogP contribution is 2.59. The van der Waals surface area contributed by atoms with Crippen molar-refractivity contribution in [2.24, 2.45) is 0 Å². The Morgan fingerprint density at radius 2 is 1.77 bits per heavy atom. The molecule has 0 saturated heterocycles. The highest BCUT2D eigenvalue weighted by molar-refractivity contribution is 6.23. The Morgan fingerprint density at radius 1 is 1.10 bits per heavy atom. The average Bonchev–Trinajstić information content (AvgIpc) is 3.14. The number of amides is 1. The van der Waals surface area contributed by atoms with Crippen molar-refractivity contribution >= 4 is 29.4 Å². The summed E-state index contributed by atoms with van der Waals surface area (Å²) in [5, 5.41) is 3.22. The van der Waals surface area contributed by atoms with Gasteiger partial charge in [0.2, 0.25) is 5.41 Å². The van der Waals surface area contributed by atoms with Crippen LogP contribution in [0.4, 0.5) is 11.5 Å². The number of fused-ring (bicyclic) bond motifs is 3. The number of rotatable bonds is 4. The van der Waals surface area contributed by atoms with Crippen LogP contribution >= 0.6 is 0 Å². The summed E-state index contributed by atoms with van der Waals surface area (Å²) < 4.78 is 10.8. The van der Waals surface area contributed by atoms with Crippen LogP contribution in [0.5, 0.6) is 0 Å². The van der Waals surface area contributed by atoms with Gasteiger partial charge in [-0.05, 0) is 38.5 Å². The van der Waals surface area contributed by atoms with Crippen molar-refractivity contribution in [2.45, 2.75) is 31.7 Å². The molecule has 0 saturated carbocycles. The third-order valence-corrected chi connectivity index (χ3v) is 5.76. The minimum atomic E-state index is -2.05. The lowest BCUT2D eigenvalue weighted by atomic mass is 9.64. The first-order valence-electron chi connectivity index (χ1n) is 9.83. The van der Waals surface area contributed by atoms with Crippen molar-refractivity contribution in [2.75, 3.05) is 30.5 Å². The number of pyridine rings is 1. The first-order valence-corrected chi connectivity index (χ1v) is 9.83. The molecule has 1 N–H and O–H groups in total. The van der Waals surface area contributed by atoms with Crippen LogP contribution in [0.2, 0.25) is 0 Å². The number of likely N-dealkylation sites (N-methyl/N-ethyl adjacent to an activating group) is 1. The van der Waals surface area contributed by atoms with E-state index in [1.807, 2.05) is 6.92 Å². The number of hydrogen-bond acceptors (Lipinski definition) is 7. The van der Waals surface area contributed by atoms with Crippen LogP contribution in [-0.4, -0.2) is 43.1 Å². The molecule has 4 rings (SSSR count). The third-order valence-electron chi connectivity index (χ3n) is 5.76. The lowest BCUT2D eigenvalue weighted by Gasteiger charge is -2.38. The fraction of sp³-hybridized carbons (Fsp3) is 0.364. The number of benzene rings is 1. The monoisotopic (exact) mass is 409 g/mol. The largest absolute Gasteiger partial charge is 0.465 e. The summed E-state index contributed by atoms with van der Waals surface area (Å²) >= 11 is 0. The van der Waals surface area contributed by atoms with Crippen molar-refractivity contribution in [1.82, 2.24) is 4.98 Å². The summed E-state index contributed by atoms with van der Waals surface area (Å²) in [4.78, 5) is 46.7. The summed E-state index contributed by atoms with van der Waals surface area (Å²) in [6.45, 7) is 5.28. The topological polar surface area (TPSA) is 97.8 Å². The molecule has 0 bridgehead atoms. The van der Waals surface area contributed by atoms with E-state index < -0.39 is 28.8 Å². The Hall–Kier alpha value is -3.42. The lowest BCUT2D eigenvalue weighted by Crippen LogP contribution is -2.64. The van der Waals surface area contributed by atoms with Gasteiger partial charge in [0.05, 0.1) is 13.2 Å². The van der Waals surface area contributed by atoms with Gasteiger partial charge in [-0.25, -0.2) is 4.98 Å². The summed E-state index contributed by atoms with van der Waals surface area (Å²) in [7, 11) is 1.57. The summed E-state index contributed by atoms with van der Waals surface area (Å²) in [5.41, 5.74) is -1.63. The highest BCUT2D eigenvalue weighted by atomic mass is 16.6. The molecule has 1 amide bonds. The molecule has 0 fully saturated rings. The van der Waals surface area contributed by atoms with Gasteiger partial charge in [-0.15, -0.1) is 0 Å². The number of ether oxygens (including phenoxy) is 2. The van der Waals surface area contributed by atoms with Crippen molar-refractivity contribution < 1.29 is 23.9 Å². The smallest absolute Gasteiger partial charge is 0.331 e. The van der Waals surface area contributed by atoms with Gasteiger partial charge in [0.25, 0.3) is 5.91 Å². The van der Waals surface area contributed by atoms with Gasteiger partial charge in [0.15, 0.2) is 5.54 Å². The van der Waals surface area contributed by atoms with Crippen LogP contribution < -0.4 is 10.2 Å². The number of hydrogen-bond donors (Lipinski definition) is 1. The second kappa shape index (κ2) is 6.83. The van der Waals surface area contributed by atoms with E-state index in [0.29, 0.717) is 22.6 Å². The van der Waals surface area contributed by atoms with Crippen LogP contribution in [-0.2, 0) is 34.8 Å². The van der Waals surface area contributed by atoms with Crippen LogP contribution in [0.15, 0.2) is 36.5 Å². The standard InChI is InChI=1S/C22H23N3O5/c1-5-29-19(27)21(20(28)30-6-2)14-10-9-13(3)12-16(14)24-22(21)15-8-7-11-23-17(15)25(4)18(22)26/h7-12,24H,5-6H2,1-4H3/t22-/m0/s1. The first kappa shape index (κ1) is 19.9. The van der Waals surface area contributed by atoms with Crippen molar-refractivity contribution in [1.29, 1.82) is 0 Å². The fourth-order valence-electron chi connectivity index (χ4n) is 4.58. The Labute approximate surface area is 174 Å². The van der Waals surface area contributed by atoms with Crippen LogP contribution in [0.1, 0.15) is 30.5 Å². The van der Waals surface area contributed by atoms with E-state index >= 15 is 0 Å². The zero-order valence-electron chi connectivity index (χ0n) is 17.3. The number of nitrogens with zero attached hydrogens (tertiary/aromatic N) is 2. The zero-order valence-corrected chi connectivity index (χ0v) is 17.3. The summed E-state index contributed by atoms with van der Waals surface area (Å²) in [5.74, 6) is -1.78. The molecule has 0 unspecified atom stereocenters. The lowest BCUT2D eigenvalue weighted by molar-refractivity contribution is -0.170. The second-order valence-electron chi connectivity index (χ2n) is 7.35. The molecule has 156 valence electrons. The van der Waals surface area contributed by atoms with Gasteiger partial charge in [-0.1, -0.05) is 18.2 Å². The van der Waals surface area contributed by atoms with E-state index in [2.05, 4.69) is 10.3 Å². The molecule has 2 aromatic rings. The molecule has 0 radical (unpaired) electrons. The van der Waals surface area contributed by atoms with Crippen LogP contribution in [0.25, 0.3) is 0 Å². The number of aromatic nitrogens is 1. The Morgan fingerprint density at radius 3 is 2.40 bits per heavy atom. The van der Waals surface area contributed by atoms with E-state index in [9.17, 15) is 14.4 Å². The maximum absolute atomic E-state index is 13.8. The molecular formula is C22H23N3O5. The molecule has 30 heavy (non-hydrogen) atoms. The molecule has 8 heteroatoms. The van der Waals surface area contributed by atoms with Gasteiger partial charge in [0, 0.05) is 30.1 Å². The quantitative estimate of drug-likeness (QED) is 0.610. The van der Waals surface area contributed by atoms with Crippen LogP contribution in [0, 0.1) is 6.92 Å². The number of aryl methyl sites for hydroxylation is 1. The van der Waals surface area contributed by atoms with Gasteiger partial charge >= 0.3 is 11.9 Å². The van der Waals surface area contributed by atoms with E-state index in [4.69, 9.17) is 9.47 Å². The number of esters is 2. The molecule has 2 aliphatic heterocycles. The van der Waals surface area contributed by atoms with E-state index in [0.717, 1.165) is 5.56 Å². The van der Waals surface area contributed by atoms with E-state index in [1.165, 1.54) is 4.90 Å². The fourth-order valence-corrected chi connectivity index (χ4v) is 4.58. The average molecular weight is 409 g/mol. The number of carbonyl (C=O) groups is 3. The molecule has 8 nitrogen and oxygen atoms in total. The Balaban J connectivity index is 2.14. The molecule has 0 aliphatic carbocycles. The van der Waals surface area contributed by atoms with E-state index in [1.54, 1.807) is 57.4 Å². The van der Waals surface area contributed by atoms with Crippen molar-refractivity contribution in [3.05, 3.63) is 53.2 Å². The predicted molar refractivity (Wildman–Crippen MR) is 109 cm³/mol. The predicted octanol–water partition coefficient (Wildman–Crippen LogP) is 2.05. The van der Waals surface area contributed by atoms with Gasteiger partial charge in [-0.2, -0.15) is 0 Å². The van der Waals surface area contributed by atoms with Gasteiger partial charge in [-0.3, -0.25) is 19.3 Å². The van der Waals surface area contributed by atoms with Crippen LogP contribution in [0.3, 0.4) is 0 Å². The molecule has 2 aliphatic rings. The first-order chi connectivity index (χ1) is 14.4. The van der Waals surface area contributed by atoms with Gasteiger partial charge in [0.1, 0.15) is 5.82 Å². The Bertz CT molecular complexity index is 1050. The SMILES string of the molecule is CCOC(=O)C1(C(=O)OCC)c2ccc(C)cc2N[C@@]12C(=O)N(C)c1ncccc12. The molecular weight excluding hydrogens is 386 g/mol. The molecule has 1 spiro atoms. The normalized spacial score (nSPS) is 20.5. The van der Waals surface area contributed by atoms with E-state index in [-0.39, 0.29) is 13.2 Å². The molecule has 1 aromatic heterocycles. The number of anilines is 2. The Kier molecular flexibility index (Phi) is 4.52. The highest BCUT2D eigenvalue weighted by Gasteiger charge is 2.76. The van der Waals surface area contributed by atoms with Crippen molar-refractivity contribution in [3.63, 3.8) is 0 Å². The second-order valence-corrected chi connectivity index (χ2v) is 7.35. The third kappa shape index (κ3) is 2.21. The maximum atomic E-state index is 13.8. The molecule has 1 aromatic carbocycles. The summed E-state index contributed by atoms with van der Waals surface area (Å²) in [6, 6.07) is 8.65. The van der Waals surface area contributed by atoms with Crippen molar-refractivity contribution in [3.8, 4) is 0 Å². The molecule has 3 heterocycles. The van der Waals surface area contributed by atoms with Gasteiger partial charge < -0.3 is 14.8 Å². The minimum Gasteiger partial charge on any atom is -0.465 e. The number of carbonyl (C=O) groups excluding carboxylic acids is 3. The summed E-state index contributed by atoms with van der Waals surface area (Å²) in [6.07, 6.45) is 1.56. The number of nitrogens with one attached hydrogen (secondary N) is 1. The maximum Gasteiger partial charge on any atom is 0.331 e.